The molecule has 2 aliphatic heterocycles. The molecule has 0 unspecified atom stereocenters. The Morgan fingerprint density at radius 2 is 1.38 bits per heavy atom. The van der Waals surface area contributed by atoms with Gasteiger partial charge in [0.25, 0.3) is 0 Å². The summed E-state index contributed by atoms with van der Waals surface area (Å²) in [5.41, 5.74) is 2.85. The Kier molecular flexibility index (Phi) is 11.0. The molecule has 0 aliphatic carbocycles. The first-order valence-electron chi connectivity index (χ1n) is 11.9. The number of hydrogen-bond donors (Lipinski definition) is 2. The van der Waals surface area contributed by atoms with Gasteiger partial charge in [-0.1, -0.05) is 6.07 Å². The highest BCUT2D eigenvalue weighted by molar-refractivity contribution is 5.73. The number of halogens is 6. The van der Waals surface area contributed by atoms with Crippen LogP contribution in [0.1, 0.15) is 36.9 Å². The van der Waals surface area contributed by atoms with E-state index in [1.807, 2.05) is 25.4 Å². The van der Waals surface area contributed by atoms with Crippen molar-refractivity contribution in [2.75, 3.05) is 31.1 Å². The quantitative estimate of drug-likeness (QED) is 0.524. The summed E-state index contributed by atoms with van der Waals surface area (Å²) in [6.07, 6.45) is -1.12. The van der Waals surface area contributed by atoms with Crippen molar-refractivity contribution in [3.05, 3.63) is 47.9 Å². The number of aryl methyl sites for hydroxylation is 1. The number of hydrogen-bond acceptors (Lipinski definition) is 7. The van der Waals surface area contributed by atoms with E-state index in [0.717, 1.165) is 31.1 Å². The Balaban J connectivity index is 0.000000317. The molecule has 2 fully saturated rings. The Morgan fingerprint density at radius 3 is 1.79 bits per heavy atom. The van der Waals surface area contributed by atoms with E-state index < -0.39 is 24.3 Å². The first-order valence-corrected chi connectivity index (χ1v) is 11.9. The molecule has 39 heavy (non-hydrogen) atoms. The lowest BCUT2D eigenvalue weighted by Gasteiger charge is -2.47. The summed E-state index contributed by atoms with van der Waals surface area (Å²) in [7, 11) is 0. The average Bonchev–Trinajstić information content (AvgIpc) is 2.87. The number of aromatic nitrogens is 3. The Labute approximate surface area is 220 Å². The molecular formula is C24H29F6N5O4. The van der Waals surface area contributed by atoms with Gasteiger partial charge in [-0.25, -0.2) is 9.59 Å². The maximum Gasteiger partial charge on any atom is 0.490 e. The van der Waals surface area contributed by atoms with Gasteiger partial charge in [0, 0.05) is 32.0 Å². The SMILES string of the molecule is Cc1ccc(N2CCC3(CCN(Cc4cccnc4)CC3)CC2)nn1.O=C(O)C(F)(F)F.O=C(O)C(F)(F)F. The van der Waals surface area contributed by atoms with Crippen LogP contribution < -0.4 is 4.90 Å². The van der Waals surface area contributed by atoms with Crippen LogP contribution in [-0.2, 0) is 16.1 Å². The number of anilines is 1. The average molecular weight is 566 g/mol. The number of aliphatic carboxylic acids is 2. The number of likely N-dealkylation sites (tertiary alicyclic amines) is 1. The van der Waals surface area contributed by atoms with Gasteiger partial charge in [-0.15, -0.1) is 5.10 Å². The number of piperidine rings is 2. The van der Waals surface area contributed by atoms with E-state index in [0.29, 0.717) is 5.41 Å². The van der Waals surface area contributed by atoms with Crippen molar-refractivity contribution in [1.82, 2.24) is 20.1 Å². The van der Waals surface area contributed by atoms with E-state index in [-0.39, 0.29) is 0 Å². The molecule has 4 heterocycles. The number of rotatable bonds is 3. The number of alkyl halides is 6. The second-order valence-electron chi connectivity index (χ2n) is 9.26. The lowest BCUT2D eigenvalue weighted by atomic mass is 9.71. The van der Waals surface area contributed by atoms with Crippen LogP contribution >= 0.6 is 0 Å². The molecule has 9 nitrogen and oxygen atoms in total. The lowest BCUT2D eigenvalue weighted by molar-refractivity contribution is -0.193. The fraction of sp³-hybridized carbons (Fsp3) is 0.542. The van der Waals surface area contributed by atoms with Crippen LogP contribution in [0.3, 0.4) is 0 Å². The minimum atomic E-state index is -5.08. The zero-order valence-corrected chi connectivity index (χ0v) is 21.0. The lowest BCUT2D eigenvalue weighted by Crippen LogP contribution is -2.46. The molecule has 2 aromatic rings. The van der Waals surface area contributed by atoms with Gasteiger partial charge >= 0.3 is 24.3 Å². The number of carboxylic acid groups (broad SMARTS) is 2. The summed E-state index contributed by atoms with van der Waals surface area (Å²) in [6.45, 7) is 7.66. The topological polar surface area (TPSA) is 120 Å². The van der Waals surface area contributed by atoms with Crippen molar-refractivity contribution >= 4 is 17.8 Å². The molecular weight excluding hydrogens is 536 g/mol. The zero-order valence-electron chi connectivity index (χ0n) is 21.0. The van der Waals surface area contributed by atoms with E-state index in [1.165, 1.54) is 44.3 Å². The van der Waals surface area contributed by atoms with Crippen molar-refractivity contribution in [3.8, 4) is 0 Å². The van der Waals surface area contributed by atoms with Gasteiger partial charge < -0.3 is 15.1 Å². The minimum Gasteiger partial charge on any atom is -0.475 e. The predicted molar refractivity (Wildman–Crippen MR) is 127 cm³/mol. The monoisotopic (exact) mass is 565 g/mol. The summed E-state index contributed by atoms with van der Waals surface area (Å²) in [5.74, 6) is -4.48. The Hall–Kier alpha value is -3.49. The molecule has 1 spiro atoms. The van der Waals surface area contributed by atoms with Crippen LogP contribution in [0.4, 0.5) is 32.2 Å². The van der Waals surface area contributed by atoms with Crippen LogP contribution in [0.5, 0.6) is 0 Å². The van der Waals surface area contributed by atoms with Gasteiger partial charge in [-0.3, -0.25) is 9.88 Å². The molecule has 4 rings (SSSR count). The molecule has 0 bridgehead atoms. The van der Waals surface area contributed by atoms with Gasteiger partial charge in [-0.2, -0.15) is 31.4 Å². The number of carbonyl (C=O) groups is 2. The van der Waals surface area contributed by atoms with Crippen LogP contribution in [0.25, 0.3) is 0 Å². The summed E-state index contributed by atoms with van der Waals surface area (Å²) >= 11 is 0. The number of pyridine rings is 1. The minimum absolute atomic E-state index is 0.542. The van der Waals surface area contributed by atoms with Crippen molar-refractivity contribution in [1.29, 1.82) is 0 Å². The Bertz CT molecular complexity index is 1030. The summed E-state index contributed by atoms with van der Waals surface area (Å²) in [4.78, 5) is 27.0. The molecule has 0 atom stereocenters. The third-order valence-corrected chi connectivity index (χ3v) is 6.46. The van der Waals surface area contributed by atoms with Crippen molar-refractivity contribution < 1.29 is 46.1 Å². The second kappa shape index (κ2) is 13.5. The van der Waals surface area contributed by atoms with Gasteiger partial charge in [0.15, 0.2) is 5.82 Å². The highest BCUT2D eigenvalue weighted by atomic mass is 19.4. The standard InChI is InChI=1S/C20H27N5.2C2HF3O2/c1-17-4-5-19(23-22-17)25-13-8-20(9-14-25)6-11-24(12-7-20)16-18-3-2-10-21-15-18;2*3-2(4,5)1(6)7/h2-5,10,15H,6-9,11-14,16H2,1H3;2*(H,6,7). The van der Waals surface area contributed by atoms with Crippen LogP contribution in [-0.4, -0.2) is 80.8 Å². The first kappa shape index (κ1) is 31.7. The van der Waals surface area contributed by atoms with E-state index in [9.17, 15) is 26.3 Å². The summed E-state index contributed by atoms with van der Waals surface area (Å²) in [6, 6.07) is 8.38. The number of carboxylic acids is 2. The van der Waals surface area contributed by atoms with E-state index in [1.54, 1.807) is 0 Å². The van der Waals surface area contributed by atoms with Crippen molar-refractivity contribution in [2.24, 2.45) is 5.41 Å². The van der Waals surface area contributed by atoms with E-state index in [2.05, 4.69) is 43.2 Å². The molecule has 0 radical (unpaired) electrons. The maximum atomic E-state index is 10.6. The molecule has 0 aromatic carbocycles. The van der Waals surface area contributed by atoms with Crippen molar-refractivity contribution in [2.45, 2.75) is 51.5 Å². The summed E-state index contributed by atoms with van der Waals surface area (Å²) in [5, 5.41) is 22.8. The van der Waals surface area contributed by atoms with Crippen molar-refractivity contribution in [3.63, 3.8) is 0 Å². The van der Waals surface area contributed by atoms with Crippen LogP contribution in [0.2, 0.25) is 0 Å². The highest BCUT2D eigenvalue weighted by Gasteiger charge is 2.39. The van der Waals surface area contributed by atoms with Gasteiger partial charge in [0.2, 0.25) is 0 Å². The first-order chi connectivity index (χ1) is 18.1. The van der Waals surface area contributed by atoms with Gasteiger partial charge in [-0.05, 0) is 74.9 Å². The zero-order chi connectivity index (χ0) is 29.3. The van der Waals surface area contributed by atoms with Gasteiger partial charge in [0.1, 0.15) is 0 Å². The second-order valence-corrected chi connectivity index (χ2v) is 9.26. The van der Waals surface area contributed by atoms with Crippen LogP contribution in [0.15, 0.2) is 36.7 Å². The molecule has 0 saturated carbocycles. The maximum absolute atomic E-state index is 10.6. The normalized spacial score (nSPS) is 17.4. The third-order valence-electron chi connectivity index (χ3n) is 6.46. The molecule has 2 aliphatic rings. The fourth-order valence-electron chi connectivity index (χ4n) is 4.21. The molecule has 15 heteroatoms. The fourth-order valence-corrected chi connectivity index (χ4v) is 4.21. The summed E-state index contributed by atoms with van der Waals surface area (Å²) < 4.78 is 63.5. The molecule has 216 valence electrons. The van der Waals surface area contributed by atoms with Gasteiger partial charge in [0.05, 0.1) is 5.69 Å². The third kappa shape index (κ3) is 10.7. The largest absolute Gasteiger partial charge is 0.490 e. The van der Waals surface area contributed by atoms with Crippen LogP contribution in [0, 0.1) is 12.3 Å². The molecule has 0 amide bonds. The predicted octanol–water partition coefficient (Wildman–Crippen LogP) is 4.33. The Morgan fingerprint density at radius 1 is 0.872 bits per heavy atom. The molecule has 2 N–H and O–H groups in total. The highest BCUT2D eigenvalue weighted by Crippen LogP contribution is 2.42. The van der Waals surface area contributed by atoms with E-state index in [4.69, 9.17) is 19.8 Å². The smallest absolute Gasteiger partial charge is 0.475 e. The number of nitrogens with zero attached hydrogens (tertiary/aromatic N) is 5. The van der Waals surface area contributed by atoms with E-state index >= 15 is 0 Å². The molecule has 2 saturated heterocycles. The molecule has 2 aromatic heterocycles.